The molecule has 7 heteroatoms. The van der Waals surface area contributed by atoms with Crippen LogP contribution in [0.2, 0.25) is 0 Å². The SMILES string of the molecule is Cc1cccc(C(=O)OCCOc2cccc(Br)c2)c1[N+](=O)[O-]. The Labute approximate surface area is 141 Å². The zero-order chi connectivity index (χ0) is 16.8. The van der Waals surface area contributed by atoms with Crippen molar-refractivity contribution in [3.8, 4) is 5.75 Å². The number of carbonyl (C=O) groups is 1. The number of nitrogens with zero attached hydrogens (tertiary/aromatic N) is 1. The summed E-state index contributed by atoms with van der Waals surface area (Å²) < 4.78 is 11.4. The molecule has 120 valence electrons. The van der Waals surface area contributed by atoms with Crippen molar-refractivity contribution < 1.29 is 19.2 Å². The lowest BCUT2D eigenvalue weighted by Gasteiger charge is -2.08. The van der Waals surface area contributed by atoms with Crippen LogP contribution in [0.4, 0.5) is 5.69 Å². The smallest absolute Gasteiger partial charge is 0.345 e. The van der Waals surface area contributed by atoms with Gasteiger partial charge in [-0.3, -0.25) is 10.1 Å². The van der Waals surface area contributed by atoms with Crippen LogP contribution < -0.4 is 4.74 Å². The Hall–Kier alpha value is -2.41. The molecule has 0 spiro atoms. The van der Waals surface area contributed by atoms with Gasteiger partial charge in [0.25, 0.3) is 5.69 Å². The van der Waals surface area contributed by atoms with Gasteiger partial charge in [0, 0.05) is 10.0 Å². The number of esters is 1. The normalized spacial score (nSPS) is 10.2. The van der Waals surface area contributed by atoms with Gasteiger partial charge in [0.1, 0.15) is 24.5 Å². The number of nitro groups is 1. The lowest BCUT2D eigenvalue weighted by molar-refractivity contribution is -0.385. The molecule has 0 saturated heterocycles. The van der Waals surface area contributed by atoms with E-state index in [1.165, 1.54) is 6.07 Å². The average Bonchev–Trinajstić information content (AvgIpc) is 2.50. The van der Waals surface area contributed by atoms with Crippen molar-refractivity contribution in [2.75, 3.05) is 13.2 Å². The minimum Gasteiger partial charge on any atom is -0.490 e. The highest BCUT2D eigenvalue weighted by Gasteiger charge is 2.23. The van der Waals surface area contributed by atoms with Crippen molar-refractivity contribution in [2.24, 2.45) is 0 Å². The molecular weight excluding hydrogens is 366 g/mol. The molecule has 0 N–H and O–H groups in total. The molecule has 0 bridgehead atoms. The predicted octanol–water partition coefficient (Wildman–Crippen LogP) is 3.90. The summed E-state index contributed by atoms with van der Waals surface area (Å²) in [5, 5.41) is 11.1. The van der Waals surface area contributed by atoms with Crippen molar-refractivity contribution in [1.29, 1.82) is 0 Å². The molecule has 6 nitrogen and oxygen atoms in total. The number of para-hydroxylation sites is 1. The van der Waals surface area contributed by atoms with Crippen LogP contribution >= 0.6 is 15.9 Å². The molecule has 2 aromatic rings. The summed E-state index contributed by atoms with van der Waals surface area (Å²) in [5.74, 6) is -0.102. The summed E-state index contributed by atoms with van der Waals surface area (Å²) in [6.07, 6.45) is 0. The van der Waals surface area contributed by atoms with Crippen molar-refractivity contribution in [3.63, 3.8) is 0 Å². The van der Waals surface area contributed by atoms with Gasteiger partial charge in [-0.25, -0.2) is 4.79 Å². The Morgan fingerprint density at radius 3 is 2.65 bits per heavy atom. The highest BCUT2D eigenvalue weighted by molar-refractivity contribution is 9.10. The van der Waals surface area contributed by atoms with Crippen LogP contribution in [0.3, 0.4) is 0 Å². The van der Waals surface area contributed by atoms with E-state index in [1.54, 1.807) is 31.2 Å². The number of hydrogen-bond donors (Lipinski definition) is 0. The van der Waals surface area contributed by atoms with Gasteiger partial charge in [0.2, 0.25) is 0 Å². The summed E-state index contributed by atoms with van der Waals surface area (Å²) in [5.41, 5.74) is 0.123. The van der Waals surface area contributed by atoms with E-state index in [9.17, 15) is 14.9 Å². The molecule has 0 amide bonds. The van der Waals surface area contributed by atoms with Crippen LogP contribution in [0, 0.1) is 17.0 Å². The molecule has 0 aliphatic rings. The fourth-order valence-corrected chi connectivity index (χ4v) is 2.37. The maximum absolute atomic E-state index is 12.0. The Kier molecular flexibility index (Phi) is 5.70. The lowest BCUT2D eigenvalue weighted by atomic mass is 10.1. The topological polar surface area (TPSA) is 78.7 Å². The van der Waals surface area contributed by atoms with E-state index in [4.69, 9.17) is 9.47 Å². The summed E-state index contributed by atoms with van der Waals surface area (Å²) in [6, 6.07) is 11.8. The van der Waals surface area contributed by atoms with Crippen molar-refractivity contribution >= 4 is 27.6 Å². The fraction of sp³-hybridized carbons (Fsp3) is 0.188. The molecule has 23 heavy (non-hydrogen) atoms. The summed E-state index contributed by atoms with van der Waals surface area (Å²) in [6.45, 7) is 1.73. The minimum absolute atomic E-state index is 0.00353. The van der Waals surface area contributed by atoms with Crippen molar-refractivity contribution in [3.05, 3.63) is 68.2 Å². The Morgan fingerprint density at radius 2 is 1.96 bits per heavy atom. The molecule has 0 aliphatic heterocycles. The van der Waals surface area contributed by atoms with Crippen LogP contribution in [0.15, 0.2) is 46.9 Å². The van der Waals surface area contributed by atoms with E-state index in [2.05, 4.69) is 15.9 Å². The maximum atomic E-state index is 12.0. The Bertz CT molecular complexity index is 732. The van der Waals surface area contributed by atoms with Crippen LogP contribution in [-0.4, -0.2) is 24.1 Å². The number of nitro benzene ring substituents is 1. The highest BCUT2D eigenvalue weighted by atomic mass is 79.9. The second-order valence-corrected chi connectivity index (χ2v) is 5.59. The summed E-state index contributed by atoms with van der Waals surface area (Å²) in [7, 11) is 0. The zero-order valence-electron chi connectivity index (χ0n) is 12.3. The van der Waals surface area contributed by atoms with Gasteiger partial charge in [0.05, 0.1) is 4.92 Å². The first-order valence-corrected chi connectivity index (χ1v) is 7.58. The molecule has 0 atom stereocenters. The van der Waals surface area contributed by atoms with Gasteiger partial charge in [-0.2, -0.15) is 0 Å². The zero-order valence-corrected chi connectivity index (χ0v) is 13.9. The molecule has 0 saturated carbocycles. The molecular formula is C16H14BrNO5. The van der Waals surface area contributed by atoms with Gasteiger partial charge in [0.15, 0.2) is 0 Å². The standard InChI is InChI=1S/C16H14BrNO5/c1-11-4-2-7-14(15(11)18(20)21)16(19)23-9-8-22-13-6-3-5-12(17)10-13/h2-7,10H,8-9H2,1H3. The number of hydrogen-bond acceptors (Lipinski definition) is 5. The van der Waals surface area contributed by atoms with E-state index in [0.29, 0.717) is 11.3 Å². The Balaban J connectivity index is 1.93. The van der Waals surface area contributed by atoms with E-state index in [0.717, 1.165) is 4.47 Å². The number of rotatable bonds is 6. The molecule has 0 radical (unpaired) electrons. The van der Waals surface area contributed by atoms with E-state index >= 15 is 0 Å². The van der Waals surface area contributed by atoms with Gasteiger partial charge in [-0.1, -0.05) is 34.1 Å². The second-order valence-electron chi connectivity index (χ2n) is 4.67. The number of halogens is 1. The maximum Gasteiger partial charge on any atom is 0.345 e. The number of aryl methyl sites for hydroxylation is 1. The van der Waals surface area contributed by atoms with Gasteiger partial charge in [-0.15, -0.1) is 0 Å². The van der Waals surface area contributed by atoms with E-state index in [1.807, 2.05) is 12.1 Å². The van der Waals surface area contributed by atoms with Crippen LogP contribution in [0.5, 0.6) is 5.75 Å². The predicted molar refractivity (Wildman–Crippen MR) is 87.8 cm³/mol. The van der Waals surface area contributed by atoms with E-state index < -0.39 is 10.9 Å². The average molecular weight is 380 g/mol. The minimum atomic E-state index is -0.738. The van der Waals surface area contributed by atoms with Gasteiger partial charge in [-0.05, 0) is 31.2 Å². The number of benzene rings is 2. The second kappa shape index (κ2) is 7.73. The number of ether oxygens (including phenoxy) is 2. The third-order valence-electron chi connectivity index (χ3n) is 3.02. The van der Waals surface area contributed by atoms with Crippen LogP contribution in [0.25, 0.3) is 0 Å². The molecule has 0 fully saturated rings. The summed E-state index contributed by atoms with van der Waals surface area (Å²) in [4.78, 5) is 22.5. The monoisotopic (exact) mass is 379 g/mol. The van der Waals surface area contributed by atoms with Crippen LogP contribution in [0.1, 0.15) is 15.9 Å². The van der Waals surface area contributed by atoms with Crippen LogP contribution in [-0.2, 0) is 4.74 Å². The van der Waals surface area contributed by atoms with Crippen molar-refractivity contribution in [1.82, 2.24) is 0 Å². The Morgan fingerprint density at radius 1 is 1.22 bits per heavy atom. The largest absolute Gasteiger partial charge is 0.490 e. The lowest BCUT2D eigenvalue weighted by Crippen LogP contribution is -2.14. The molecule has 2 rings (SSSR count). The molecule has 0 aromatic heterocycles. The first-order valence-electron chi connectivity index (χ1n) is 6.78. The fourth-order valence-electron chi connectivity index (χ4n) is 1.99. The third-order valence-corrected chi connectivity index (χ3v) is 3.51. The first kappa shape index (κ1) is 17.0. The molecule has 0 unspecified atom stereocenters. The molecule has 2 aromatic carbocycles. The first-order chi connectivity index (χ1) is 11.0. The molecule has 0 heterocycles. The third kappa shape index (κ3) is 4.53. The number of carbonyl (C=O) groups excluding carboxylic acids is 1. The summed E-state index contributed by atoms with van der Waals surface area (Å²) >= 11 is 3.32. The van der Waals surface area contributed by atoms with Gasteiger partial charge < -0.3 is 9.47 Å². The van der Waals surface area contributed by atoms with Gasteiger partial charge >= 0.3 is 5.97 Å². The molecule has 0 aliphatic carbocycles. The quantitative estimate of drug-likeness (QED) is 0.329. The highest BCUT2D eigenvalue weighted by Crippen LogP contribution is 2.23. The van der Waals surface area contributed by atoms with E-state index in [-0.39, 0.29) is 24.5 Å². The van der Waals surface area contributed by atoms with Crippen molar-refractivity contribution in [2.45, 2.75) is 6.92 Å².